The number of nitrogens with two attached hydrogens (primary N) is 1. The lowest BCUT2D eigenvalue weighted by Gasteiger charge is -2.26. The van der Waals surface area contributed by atoms with Crippen molar-refractivity contribution in [3.63, 3.8) is 0 Å². The zero-order valence-corrected chi connectivity index (χ0v) is 56.4. The second-order valence-corrected chi connectivity index (χ2v) is 26.5. The molecule has 0 aromatic carbocycles. The Morgan fingerprint density at radius 3 is 0.444 bits per heavy atom. The summed E-state index contributed by atoms with van der Waals surface area (Å²) in [6, 6.07) is 0. The largest absolute Gasteiger partial charge is 0.368 e. The van der Waals surface area contributed by atoms with Gasteiger partial charge in [0.15, 0.2) is 0 Å². The summed E-state index contributed by atoms with van der Waals surface area (Å²) in [5.41, 5.74) is 6.68. The van der Waals surface area contributed by atoms with Gasteiger partial charge in [0.05, 0.1) is 0 Å². The molecule has 0 atom stereocenters. The first-order valence-corrected chi connectivity index (χ1v) is 38.2. The van der Waals surface area contributed by atoms with Gasteiger partial charge in [0.2, 0.25) is 17.8 Å². The van der Waals surface area contributed by atoms with Crippen molar-refractivity contribution in [2.75, 3.05) is 41.7 Å². The van der Waals surface area contributed by atoms with E-state index in [1.165, 1.54) is 411 Å². The third kappa shape index (κ3) is 56.0. The zero-order chi connectivity index (χ0) is 58.1. The van der Waals surface area contributed by atoms with E-state index < -0.39 is 0 Å². The summed E-state index contributed by atoms with van der Waals surface area (Å²) in [7, 11) is 0. The van der Waals surface area contributed by atoms with Crippen LogP contribution < -0.4 is 15.5 Å². The first-order valence-electron chi connectivity index (χ1n) is 38.2. The summed E-state index contributed by atoms with van der Waals surface area (Å²) in [6.45, 7) is 13.4. The first kappa shape index (κ1) is 77.4. The Hall–Kier alpha value is -1.59. The molecule has 0 aliphatic heterocycles. The maximum atomic E-state index is 6.68. The quantitative estimate of drug-likeness (QED) is 0.0656. The highest BCUT2D eigenvalue weighted by Crippen LogP contribution is 2.23. The number of aromatic nitrogens is 3. The van der Waals surface area contributed by atoms with Crippen molar-refractivity contribution in [3.8, 4) is 0 Å². The molecule has 0 saturated carbocycles. The van der Waals surface area contributed by atoms with Crippen LogP contribution in [0.2, 0.25) is 0 Å². The predicted molar refractivity (Wildman–Crippen MR) is 367 cm³/mol. The van der Waals surface area contributed by atoms with Gasteiger partial charge in [-0.3, -0.25) is 0 Å². The first-order chi connectivity index (χ1) is 40.2. The molecule has 6 heteroatoms. The van der Waals surface area contributed by atoms with Crippen LogP contribution in [0.3, 0.4) is 0 Å². The van der Waals surface area contributed by atoms with Gasteiger partial charge in [-0.15, -0.1) is 0 Å². The Kier molecular flexibility index (Phi) is 63.0. The van der Waals surface area contributed by atoms with Crippen molar-refractivity contribution in [3.05, 3.63) is 0 Å². The standard InChI is InChI=1S/C75H150N6/c1-5-9-13-17-21-25-29-33-37-41-45-49-53-57-61-65-69-80(70-66-62-58-54-50-46-42-38-34-30-26-22-18-14-10-6-2)74-77-73(76)78-75(79-74)81(71-67-63-59-55-51-47-43-39-35-31-27-23-19-15-11-7-3)72-68-64-60-56-52-48-44-40-36-32-28-24-20-16-12-8-4/h5-72H2,1-4H3,(H2,76,77,78,79). The van der Waals surface area contributed by atoms with E-state index in [-0.39, 0.29) is 0 Å². The average Bonchev–Trinajstić information content (AvgIpc) is 3.47. The minimum absolute atomic E-state index is 0.405. The molecule has 1 aromatic rings. The second-order valence-electron chi connectivity index (χ2n) is 26.5. The van der Waals surface area contributed by atoms with Gasteiger partial charge in [0, 0.05) is 26.2 Å². The Balaban J connectivity index is 2.77. The van der Waals surface area contributed by atoms with Crippen LogP contribution >= 0.6 is 0 Å². The fourth-order valence-electron chi connectivity index (χ4n) is 12.7. The molecule has 0 amide bonds. The molecule has 2 N–H and O–H groups in total. The molecule has 1 rings (SSSR count). The molecule has 0 aliphatic carbocycles. The van der Waals surface area contributed by atoms with Gasteiger partial charge in [-0.05, 0) is 25.7 Å². The number of anilines is 3. The minimum Gasteiger partial charge on any atom is -0.368 e. The van der Waals surface area contributed by atoms with E-state index in [4.69, 9.17) is 20.7 Å². The normalized spacial score (nSPS) is 11.7. The summed E-state index contributed by atoms with van der Waals surface area (Å²) < 4.78 is 0. The van der Waals surface area contributed by atoms with Crippen LogP contribution in [0.4, 0.5) is 17.8 Å². The Morgan fingerprint density at radius 2 is 0.309 bits per heavy atom. The van der Waals surface area contributed by atoms with Crippen LogP contribution in [0, 0.1) is 0 Å². The smallest absolute Gasteiger partial charge is 0.231 e. The number of hydrogen-bond acceptors (Lipinski definition) is 6. The molecule has 0 fully saturated rings. The molecule has 0 radical (unpaired) electrons. The predicted octanol–water partition coefficient (Wildman–Crippen LogP) is 26.1. The molecule has 1 heterocycles. The van der Waals surface area contributed by atoms with Crippen molar-refractivity contribution in [2.24, 2.45) is 0 Å². The summed E-state index contributed by atoms with van der Waals surface area (Å²) in [5.74, 6) is 2.08. The van der Waals surface area contributed by atoms with E-state index >= 15 is 0 Å². The van der Waals surface area contributed by atoms with Crippen molar-refractivity contribution < 1.29 is 0 Å². The maximum Gasteiger partial charge on any atom is 0.231 e. The molecule has 0 aliphatic rings. The lowest BCUT2D eigenvalue weighted by atomic mass is 10.0. The number of hydrogen-bond donors (Lipinski definition) is 1. The van der Waals surface area contributed by atoms with E-state index in [0.717, 1.165) is 38.1 Å². The maximum absolute atomic E-state index is 6.68. The summed E-state index contributed by atoms with van der Waals surface area (Å²) >= 11 is 0. The molecular weight excluding hydrogens is 985 g/mol. The van der Waals surface area contributed by atoms with E-state index in [1.807, 2.05) is 0 Å². The number of unbranched alkanes of at least 4 members (excludes halogenated alkanes) is 60. The molecule has 0 unspecified atom stereocenters. The van der Waals surface area contributed by atoms with E-state index in [9.17, 15) is 0 Å². The summed E-state index contributed by atoms with van der Waals surface area (Å²) in [4.78, 5) is 20.2. The van der Waals surface area contributed by atoms with Crippen LogP contribution in [0.5, 0.6) is 0 Å². The number of nitrogen functional groups attached to an aromatic ring is 1. The van der Waals surface area contributed by atoms with Crippen LogP contribution in [0.25, 0.3) is 0 Å². The monoisotopic (exact) mass is 1140 g/mol. The third-order valence-corrected chi connectivity index (χ3v) is 18.3. The molecular formula is C75H150N6. The van der Waals surface area contributed by atoms with Crippen LogP contribution in [-0.4, -0.2) is 41.1 Å². The molecule has 480 valence electrons. The number of rotatable bonds is 70. The van der Waals surface area contributed by atoms with E-state index in [2.05, 4.69) is 37.5 Å². The zero-order valence-electron chi connectivity index (χ0n) is 56.4. The molecule has 0 saturated heterocycles. The van der Waals surface area contributed by atoms with Gasteiger partial charge in [0.1, 0.15) is 0 Å². The highest BCUT2D eigenvalue weighted by Gasteiger charge is 2.17. The van der Waals surface area contributed by atoms with Crippen molar-refractivity contribution in [1.82, 2.24) is 15.0 Å². The summed E-state index contributed by atoms with van der Waals surface area (Å²) in [6.07, 6.45) is 89.7. The fourth-order valence-corrected chi connectivity index (χ4v) is 12.7. The van der Waals surface area contributed by atoms with E-state index in [1.54, 1.807) is 0 Å². The SMILES string of the molecule is CCCCCCCCCCCCCCCCCCN(CCCCCCCCCCCCCCCCCC)c1nc(N)nc(N(CCCCCCCCCCCCCCCCCC)CCCCCCCCCCCCCCCCCC)n1. The Morgan fingerprint density at radius 1 is 0.185 bits per heavy atom. The fraction of sp³-hybridized carbons (Fsp3) is 0.960. The van der Waals surface area contributed by atoms with Gasteiger partial charge in [-0.25, -0.2) is 0 Å². The topological polar surface area (TPSA) is 71.2 Å². The van der Waals surface area contributed by atoms with E-state index in [0.29, 0.717) is 5.95 Å². The molecule has 81 heavy (non-hydrogen) atoms. The van der Waals surface area contributed by atoms with Gasteiger partial charge < -0.3 is 15.5 Å². The van der Waals surface area contributed by atoms with Gasteiger partial charge >= 0.3 is 0 Å². The van der Waals surface area contributed by atoms with Crippen molar-refractivity contribution >= 4 is 17.8 Å². The Bertz CT molecular complexity index is 1160. The number of nitrogens with zero attached hydrogens (tertiary/aromatic N) is 5. The molecule has 0 spiro atoms. The lowest BCUT2D eigenvalue weighted by Crippen LogP contribution is -2.32. The lowest BCUT2D eigenvalue weighted by molar-refractivity contribution is 0.522. The second kappa shape index (κ2) is 65.9. The molecule has 0 bridgehead atoms. The van der Waals surface area contributed by atoms with Gasteiger partial charge in [-0.2, -0.15) is 15.0 Å². The summed E-state index contributed by atoms with van der Waals surface area (Å²) in [5, 5.41) is 0. The van der Waals surface area contributed by atoms with Crippen molar-refractivity contribution in [2.45, 2.75) is 439 Å². The van der Waals surface area contributed by atoms with Crippen LogP contribution in [0.1, 0.15) is 439 Å². The van der Waals surface area contributed by atoms with Gasteiger partial charge in [0.25, 0.3) is 0 Å². The highest BCUT2D eigenvalue weighted by atomic mass is 15.3. The van der Waals surface area contributed by atoms with Gasteiger partial charge in [-0.1, -0.05) is 413 Å². The van der Waals surface area contributed by atoms with Crippen molar-refractivity contribution in [1.29, 1.82) is 0 Å². The molecule has 6 nitrogen and oxygen atoms in total. The van der Waals surface area contributed by atoms with Crippen LogP contribution in [0.15, 0.2) is 0 Å². The molecule has 1 aromatic heterocycles. The highest BCUT2D eigenvalue weighted by molar-refractivity contribution is 5.43. The Labute approximate surface area is 510 Å². The third-order valence-electron chi connectivity index (χ3n) is 18.3. The minimum atomic E-state index is 0.405. The average molecular weight is 1140 g/mol. The van der Waals surface area contributed by atoms with Crippen LogP contribution in [-0.2, 0) is 0 Å².